The minimum absolute atomic E-state index is 0.0800. The summed E-state index contributed by atoms with van der Waals surface area (Å²) in [7, 11) is 0. The Kier molecular flexibility index (Phi) is 5.91. The molecule has 10 nitrogen and oxygen atoms in total. The molecule has 180 valence electrons. The summed E-state index contributed by atoms with van der Waals surface area (Å²) in [5, 5.41) is 4.52. The van der Waals surface area contributed by atoms with Crippen molar-refractivity contribution in [1.82, 2.24) is 5.32 Å². The second kappa shape index (κ2) is 9.34. The highest BCUT2D eigenvalue weighted by molar-refractivity contribution is 6.30. The second-order valence-corrected chi connectivity index (χ2v) is 7.87. The number of ketones is 2. The van der Waals surface area contributed by atoms with Gasteiger partial charge in [-0.25, -0.2) is 9.59 Å². The van der Waals surface area contributed by atoms with E-state index in [1.807, 2.05) is 5.32 Å². The van der Waals surface area contributed by atoms with Gasteiger partial charge in [0.05, 0.1) is 5.56 Å². The van der Waals surface area contributed by atoms with Crippen LogP contribution in [0.4, 0.5) is 10.5 Å². The molecule has 0 saturated heterocycles. The summed E-state index contributed by atoms with van der Waals surface area (Å²) in [6, 6.07) is 14.5. The van der Waals surface area contributed by atoms with E-state index in [4.69, 9.17) is 14.2 Å². The van der Waals surface area contributed by atoms with E-state index in [1.165, 1.54) is 24.3 Å². The third-order valence-corrected chi connectivity index (χ3v) is 5.56. The Balaban J connectivity index is 1.22. The summed E-state index contributed by atoms with van der Waals surface area (Å²) < 4.78 is 15.9. The van der Waals surface area contributed by atoms with E-state index < -0.39 is 30.3 Å². The summed E-state index contributed by atoms with van der Waals surface area (Å²) in [6.07, 6.45) is 0. The van der Waals surface area contributed by atoms with E-state index in [0.29, 0.717) is 30.4 Å². The lowest BCUT2D eigenvalue weighted by atomic mass is 9.82. The van der Waals surface area contributed by atoms with Crippen molar-refractivity contribution >= 4 is 35.2 Å². The number of hydrogen-bond acceptors (Lipinski definition) is 8. The molecule has 2 aliphatic rings. The molecule has 1 heterocycles. The van der Waals surface area contributed by atoms with Crippen LogP contribution in [0, 0.1) is 0 Å². The first-order chi connectivity index (χ1) is 17.4. The molecule has 0 atom stereocenters. The van der Waals surface area contributed by atoms with Crippen molar-refractivity contribution in [3.63, 3.8) is 0 Å². The summed E-state index contributed by atoms with van der Waals surface area (Å²) in [5.74, 6) is -1.74. The fourth-order valence-electron chi connectivity index (χ4n) is 3.97. The Labute approximate surface area is 204 Å². The molecule has 0 bridgehead atoms. The molecule has 0 spiro atoms. The van der Waals surface area contributed by atoms with Gasteiger partial charge in [-0.05, 0) is 18.2 Å². The number of anilines is 1. The second-order valence-electron chi connectivity index (χ2n) is 7.87. The third kappa shape index (κ3) is 4.27. The molecule has 5 rings (SSSR count). The number of ether oxygens (including phenoxy) is 3. The molecule has 0 aromatic heterocycles. The lowest BCUT2D eigenvalue weighted by molar-refractivity contribution is -0.123. The Morgan fingerprint density at radius 3 is 2.28 bits per heavy atom. The number of esters is 1. The van der Waals surface area contributed by atoms with Crippen LogP contribution in [0.3, 0.4) is 0 Å². The Hall–Kier alpha value is -4.99. The molecule has 0 saturated carbocycles. The summed E-state index contributed by atoms with van der Waals surface area (Å²) in [4.78, 5) is 62.9. The highest BCUT2D eigenvalue weighted by Crippen LogP contribution is 2.32. The fourth-order valence-corrected chi connectivity index (χ4v) is 3.97. The predicted octanol–water partition coefficient (Wildman–Crippen LogP) is 2.74. The lowest BCUT2D eigenvalue weighted by Gasteiger charge is -2.19. The highest BCUT2D eigenvalue weighted by Gasteiger charge is 2.33. The molecule has 0 unspecified atom stereocenters. The van der Waals surface area contributed by atoms with Gasteiger partial charge in [0.25, 0.3) is 5.91 Å². The quantitative estimate of drug-likeness (QED) is 0.420. The van der Waals surface area contributed by atoms with Crippen LogP contribution in [0.25, 0.3) is 0 Å². The highest BCUT2D eigenvalue weighted by atomic mass is 16.6. The number of nitrogens with one attached hydrogen (secondary N) is 2. The van der Waals surface area contributed by atoms with Gasteiger partial charge >= 0.3 is 12.0 Å². The number of urea groups is 1. The van der Waals surface area contributed by atoms with Crippen molar-refractivity contribution in [3.05, 3.63) is 88.5 Å². The molecular formula is C26H18N2O8. The van der Waals surface area contributed by atoms with Crippen molar-refractivity contribution in [2.24, 2.45) is 0 Å². The molecule has 3 amide bonds. The number of carbonyl (C=O) groups is 5. The van der Waals surface area contributed by atoms with Gasteiger partial charge in [0.1, 0.15) is 13.2 Å². The maximum Gasteiger partial charge on any atom is 0.339 e. The predicted molar refractivity (Wildman–Crippen MR) is 125 cm³/mol. The van der Waals surface area contributed by atoms with Gasteiger partial charge in [-0.3, -0.25) is 19.7 Å². The zero-order valence-electron chi connectivity index (χ0n) is 18.7. The van der Waals surface area contributed by atoms with Crippen molar-refractivity contribution in [3.8, 4) is 11.5 Å². The normalized spacial score (nSPS) is 13.2. The molecule has 10 heteroatoms. The minimum atomic E-state index is -0.977. The summed E-state index contributed by atoms with van der Waals surface area (Å²) in [5.41, 5.74) is 0.655. The van der Waals surface area contributed by atoms with Crippen LogP contribution in [0.5, 0.6) is 11.5 Å². The van der Waals surface area contributed by atoms with Gasteiger partial charge in [-0.15, -0.1) is 0 Å². The summed E-state index contributed by atoms with van der Waals surface area (Å²) in [6.45, 7) is 0.0240. The first-order valence-electron chi connectivity index (χ1n) is 10.9. The Morgan fingerprint density at radius 1 is 0.806 bits per heavy atom. The number of rotatable bonds is 4. The van der Waals surface area contributed by atoms with E-state index in [0.717, 1.165) is 0 Å². The zero-order valence-corrected chi connectivity index (χ0v) is 18.7. The van der Waals surface area contributed by atoms with Crippen molar-refractivity contribution in [2.75, 3.05) is 25.1 Å². The standard InChI is InChI=1S/C26H18N2O8/c29-21(28-26(33)27-14-8-9-19-20(12-14)35-11-10-34-19)13-36-25(32)18-7-3-6-17-22(18)24(31)16-5-2-1-4-15(16)23(17)30/h1-9,12H,10-11,13H2,(H2,27,28,29,33). The molecule has 3 aromatic rings. The van der Waals surface area contributed by atoms with Crippen LogP contribution in [0.2, 0.25) is 0 Å². The first kappa shape index (κ1) is 22.8. The van der Waals surface area contributed by atoms with Crippen LogP contribution >= 0.6 is 0 Å². The summed E-state index contributed by atoms with van der Waals surface area (Å²) >= 11 is 0. The first-order valence-corrected chi connectivity index (χ1v) is 10.9. The van der Waals surface area contributed by atoms with Gasteiger partial charge in [0.2, 0.25) is 0 Å². The largest absolute Gasteiger partial charge is 0.486 e. The van der Waals surface area contributed by atoms with Gasteiger partial charge in [-0.2, -0.15) is 0 Å². The van der Waals surface area contributed by atoms with Gasteiger partial charge in [0, 0.05) is 34.0 Å². The molecule has 3 aromatic carbocycles. The topological polar surface area (TPSA) is 137 Å². The third-order valence-electron chi connectivity index (χ3n) is 5.56. The van der Waals surface area contributed by atoms with Crippen molar-refractivity contribution < 1.29 is 38.2 Å². The maximum absolute atomic E-state index is 13.0. The SMILES string of the molecule is O=C(COC(=O)c1cccc2c1C(=O)c1ccccc1C2=O)NC(=O)Nc1ccc2c(c1)OCCO2. The Bertz CT molecular complexity index is 1450. The van der Waals surface area contributed by atoms with Crippen molar-refractivity contribution in [2.45, 2.75) is 0 Å². The fraction of sp³-hybridized carbons (Fsp3) is 0.115. The smallest absolute Gasteiger partial charge is 0.339 e. The minimum Gasteiger partial charge on any atom is -0.486 e. The van der Waals surface area contributed by atoms with Crippen LogP contribution in [0.1, 0.15) is 42.2 Å². The molecule has 1 aliphatic heterocycles. The molecule has 1 aliphatic carbocycles. The average molecular weight is 486 g/mol. The molecule has 36 heavy (non-hydrogen) atoms. The monoisotopic (exact) mass is 486 g/mol. The van der Waals surface area contributed by atoms with Gasteiger partial charge in [0.15, 0.2) is 29.7 Å². The molecule has 0 radical (unpaired) electrons. The average Bonchev–Trinajstić information content (AvgIpc) is 2.89. The Morgan fingerprint density at radius 2 is 1.50 bits per heavy atom. The van der Waals surface area contributed by atoms with Crippen LogP contribution in [-0.4, -0.2) is 49.3 Å². The van der Waals surface area contributed by atoms with Gasteiger partial charge < -0.3 is 19.5 Å². The van der Waals surface area contributed by atoms with Crippen LogP contribution < -0.4 is 20.1 Å². The number of hydrogen-bond donors (Lipinski definition) is 2. The number of imide groups is 1. The van der Waals surface area contributed by atoms with Gasteiger partial charge in [-0.1, -0.05) is 36.4 Å². The van der Waals surface area contributed by atoms with E-state index in [-0.39, 0.29) is 33.6 Å². The van der Waals surface area contributed by atoms with Crippen molar-refractivity contribution in [1.29, 1.82) is 0 Å². The lowest BCUT2D eigenvalue weighted by Crippen LogP contribution is -2.37. The maximum atomic E-state index is 13.0. The number of carbonyl (C=O) groups excluding carboxylic acids is 5. The van der Waals surface area contributed by atoms with E-state index in [1.54, 1.807) is 36.4 Å². The van der Waals surface area contributed by atoms with E-state index in [2.05, 4.69) is 5.32 Å². The zero-order chi connectivity index (χ0) is 25.2. The molecular weight excluding hydrogens is 468 g/mol. The number of amides is 3. The van der Waals surface area contributed by atoms with E-state index >= 15 is 0 Å². The molecule has 2 N–H and O–H groups in total. The van der Waals surface area contributed by atoms with E-state index in [9.17, 15) is 24.0 Å². The van der Waals surface area contributed by atoms with Crippen LogP contribution in [0.15, 0.2) is 60.7 Å². The van der Waals surface area contributed by atoms with Crippen LogP contribution in [-0.2, 0) is 9.53 Å². The number of benzene rings is 3. The molecule has 0 fully saturated rings. The number of fused-ring (bicyclic) bond motifs is 3.